The van der Waals surface area contributed by atoms with Crippen LogP contribution in [0.2, 0.25) is 0 Å². The topological polar surface area (TPSA) is 66.9 Å². The van der Waals surface area contributed by atoms with Crippen molar-refractivity contribution in [3.8, 4) is 6.07 Å². The van der Waals surface area contributed by atoms with Gasteiger partial charge in [-0.1, -0.05) is 0 Å². The van der Waals surface area contributed by atoms with Crippen molar-refractivity contribution >= 4 is 11.0 Å². The van der Waals surface area contributed by atoms with Crippen molar-refractivity contribution in [2.45, 2.75) is 18.6 Å². The molecule has 0 bridgehead atoms. The van der Waals surface area contributed by atoms with Gasteiger partial charge in [0, 0.05) is 0 Å². The zero-order valence-electron chi connectivity index (χ0n) is 4.84. The van der Waals surface area contributed by atoms with Gasteiger partial charge >= 0.3 is 0 Å². The minimum atomic E-state index is -1.54. The molecule has 0 aliphatic carbocycles. The molecule has 8 heavy (non-hydrogen) atoms. The Hall–Kier alpha value is -0.400. The van der Waals surface area contributed by atoms with E-state index in [1.165, 1.54) is 13.8 Å². The van der Waals surface area contributed by atoms with Crippen molar-refractivity contribution in [3.63, 3.8) is 0 Å². The van der Waals surface area contributed by atoms with Crippen LogP contribution in [0.5, 0.6) is 0 Å². The van der Waals surface area contributed by atoms with Gasteiger partial charge in [-0.15, -0.1) is 0 Å². The van der Waals surface area contributed by atoms with Crippen molar-refractivity contribution in [2.24, 2.45) is 5.14 Å². The predicted molar refractivity (Wildman–Crippen MR) is 32.0 cm³/mol. The average Bonchev–Trinajstić information content (AvgIpc) is 1.67. The van der Waals surface area contributed by atoms with E-state index in [1.54, 1.807) is 0 Å². The standard InChI is InChI=1S/C4H8N2OS/c1-4(2,3-5)8(6)7/h6H2,1-2H3. The normalized spacial score (nSPS) is 14.8. The van der Waals surface area contributed by atoms with Gasteiger partial charge in [-0.3, -0.25) is 5.14 Å². The molecule has 0 rings (SSSR count). The number of nitriles is 1. The Morgan fingerprint density at radius 1 is 1.75 bits per heavy atom. The van der Waals surface area contributed by atoms with E-state index in [-0.39, 0.29) is 0 Å². The molecule has 0 aliphatic rings. The Morgan fingerprint density at radius 3 is 2.12 bits per heavy atom. The molecular formula is C4H8N2OS. The van der Waals surface area contributed by atoms with E-state index in [2.05, 4.69) is 0 Å². The van der Waals surface area contributed by atoms with Crippen LogP contribution in [0.25, 0.3) is 0 Å². The highest BCUT2D eigenvalue weighted by molar-refractivity contribution is 7.84. The highest BCUT2D eigenvalue weighted by atomic mass is 32.2. The van der Waals surface area contributed by atoms with Crippen LogP contribution in [0.4, 0.5) is 0 Å². The molecule has 0 saturated carbocycles. The van der Waals surface area contributed by atoms with Gasteiger partial charge in [-0.25, -0.2) is 4.21 Å². The lowest BCUT2D eigenvalue weighted by Crippen LogP contribution is -2.29. The second-order valence-electron chi connectivity index (χ2n) is 1.92. The number of hydrogen-bond acceptors (Lipinski definition) is 2. The second-order valence-corrected chi connectivity index (χ2v) is 3.53. The van der Waals surface area contributed by atoms with Crippen molar-refractivity contribution in [2.75, 3.05) is 0 Å². The van der Waals surface area contributed by atoms with Crippen LogP contribution in [0.3, 0.4) is 0 Å². The van der Waals surface area contributed by atoms with E-state index in [4.69, 9.17) is 10.4 Å². The second kappa shape index (κ2) is 2.25. The van der Waals surface area contributed by atoms with E-state index >= 15 is 0 Å². The zero-order chi connectivity index (χ0) is 6.78. The summed E-state index contributed by atoms with van der Waals surface area (Å²) < 4.78 is 9.46. The summed E-state index contributed by atoms with van der Waals surface area (Å²) in [6, 6.07) is 1.82. The molecule has 2 N–H and O–H groups in total. The first-order valence-corrected chi connectivity index (χ1v) is 3.29. The Kier molecular flexibility index (Phi) is 2.13. The zero-order valence-corrected chi connectivity index (χ0v) is 5.66. The number of nitrogens with zero attached hydrogens (tertiary/aromatic N) is 1. The minimum absolute atomic E-state index is 0.903. The van der Waals surface area contributed by atoms with Crippen LogP contribution < -0.4 is 5.14 Å². The van der Waals surface area contributed by atoms with Crippen LogP contribution in [0.1, 0.15) is 13.8 Å². The lowest BCUT2D eigenvalue weighted by atomic mass is 10.2. The third-order valence-corrected chi connectivity index (χ3v) is 1.87. The van der Waals surface area contributed by atoms with E-state index in [0.717, 1.165) is 0 Å². The molecule has 0 aromatic heterocycles. The van der Waals surface area contributed by atoms with Gasteiger partial charge in [0.2, 0.25) is 0 Å². The van der Waals surface area contributed by atoms with E-state index in [1.807, 2.05) is 6.07 Å². The Labute approximate surface area is 51.1 Å². The highest BCUT2D eigenvalue weighted by Gasteiger charge is 2.21. The summed E-state index contributed by atoms with van der Waals surface area (Å²) in [5.41, 5.74) is 0. The quantitative estimate of drug-likeness (QED) is 0.542. The maximum absolute atomic E-state index is 10.4. The Balaban J connectivity index is 4.19. The average molecular weight is 132 g/mol. The molecule has 1 unspecified atom stereocenters. The maximum Gasteiger partial charge on any atom is 0.140 e. The fraction of sp³-hybridized carbons (Fsp3) is 0.750. The molecule has 0 spiro atoms. The van der Waals surface area contributed by atoms with Gasteiger partial charge in [0.1, 0.15) is 15.7 Å². The summed E-state index contributed by atoms with van der Waals surface area (Å²) in [5, 5.41) is 13.2. The molecule has 0 aliphatic heterocycles. The van der Waals surface area contributed by atoms with Crippen LogP contribution in [-0.4, -0.2) is 8.96 Å². The fourth-order valence-electron chi connectivity index (χ4n) is 0.0450. The summed E-state index contributed by atoms with van der Waals surface area (Å²) >= 11 is 0. The Bertz CT molecular complexity index is 147. The largest absolute Gasteiger partial charge is 0.250 e. The predicted octanol–water partition coefficient (Wildman–Crippen LogP) is -0.0890. The SMILES string of the molecule is CC(C)(C#N)S(N)=O. The first-order valence-electron chi connectivity index (χ1n) is 2.08. The molecule has 0 radical (unpaired) electrons. The van der Waals surface area contributed by atoms with Crippen LogP contribution in [-0.2, 0) is 11.0 Å². The summed E-state index contributed by atoms with van der Waals surface area (Å²) in [4.78, 5) is 0. The van der Waals surface area contributed by atoms with Crippen molar-refractivity contribution in [3.05, 3.63) is 0 Å². The third-order valence-electron chi connectivity index (χ3n) is 0.772. The molecule has 0 saturated heterocycles. The number of nitrogens with two attached hydrogens (primary N) is 1. The van der Waals surface area contributed by atoms with Crippen LogP contribution >= 0.6 is 0 Å². The van der Waals surface area contributed by atoms with E-state index in [9.17, 15) is 4.21 Å². The monoisotopic (exact) mass is 132 g/mol. The van der Waals surface area contributed by atoms with Gasteiger partial charge < -0.3 is 0 Å². The fourth-order valence-corrected chi connectivity index (χ4v) is 0.135. The van der Waals surface area contributed by atoms with Gasteiger partial charge in [-0.05, 0) is 13.8 Å². The maximum atomic E-state index is 10.4. The van der Waals surface area contributed by atoms with Gasteiger partial charge in [0.05, 0.1) is 6.07 Å². The molecule has 3 nitrogen and oxygen atoms in total. The number of hydrogen-bond donors (Lipinski definition) is 1. The van der Waals surface area contributed by atoms with Crippen LogP contribution in [0, 0.1) is 11.3 Å². The number of rotatable bonds is 1. The summed E-state index contributed by atoms with van der Waals surface area (Å²) in [6.07, 6.45) is 0. The highest BCUT2D eigenvalue weighted by Crippen LogP contribution is 2.05. The summed E-state index contributed by atoms with van der Waals surface area (Å²) in [6.45, 7) is 3.06. The molecular weight excluding hydrogens is 124 g/mol. The van der Waals surface area contributed by atoms with Gasteiger partial charge in [0.15, 0.2) is 0 Å². The third kappa shape index (κ3) is 1.60. The van der Waals surface area contributed by atoms with E-state index in [0.29, 0.717) is 0 Å². The molecule has 0 amide bonds. The first kappa shape index (κ1) is 7.60. The summed E-state index contributed by atoms with van der Waals surface area (Å²) in [7, 11) is -1.54. The molecule has 0 heterocycles. The van der Waals surface area contributed by atoms with Crippen LogP contribution in [0.15, 0.2) is 0 Å². The molecule has 46 valence electrons. The minimum Gasteiger partial charge on any atom is -0.250 e. The van der Waals surface area contributed by atoms with Crippen molar-refractivity contribution < 1.29 is 4.21 Å². The lowest BCUT2D eigenvalue weighted by molar-refractivity contribution is 0.666. The lowest BCUT2D eigenvalue weighted by Gasteiger charge is -2.07. The summed E-state index contributed by atoms with van der Waals surface area (Å²) in [5.74, 6) is 0. The smallest absolute Gasteiger partial charge is 0.140 e. The molecule has 1 atom stereocenters. The Morgan fingerprint density at radius 2 is 2.12 bits per heavy atom. The van der Waals surface area contributed by atoms with Crippen molar-refractivity contribution in [1.82, 2.24) is 0 Å². The van der Waals surface area contributed by atoms with Gasteiger partial charge in [-0.2, -0.15) is 5.26 Å². The van der Waals surface area contributed by atoms with Gasteiger partial charge in [0.25, 0.3) is 0 Å². The molecule has 0 fully saturated rings. The molecule has 0 aromatic rings. The molecule has 0 aromatic carbocycles. The first-order chi connectivity index (χ1) is 3.50. The van der Waals surface area contributed by atoms with Crippen molar-refractivity contribution in [1.29, 1.82) is 5.26 Å². The van der Waals surface area contributed by atoms with E-state index < -0.39 is 15.7 Å². The molecule has 4 heteroatoms.